The van der Waals surface area contributed by atoms with Crippen molar-refractivity contribution in [3.8, 4) is 50.3 Å². The number of hydrogen-bond acceptors (Lipinski definition) is 4. The van der Waals surface area contributed by atoms with Crippen LogP contribution >= 0.6 is 0 Å². The molecule has 7 heteroatoms. The highest BCUT2D eigenvalue weighted by atomic mass is 15.2. The Morgan fingerprint density at radius 3 is 1.02 bits per heavy atom. The molecule has 0 saturated carbocycles. The summed E-state index contributed by atoms with van der Waals surface area (Å²) in [6.45, 7) is -0.549. The highest BCUT2D eigenvalue weighted by molar-refractivity contribution is 7.03. The van der Waals surface area contributed by atoms with Crippen LogP contribution in [0.2, 0.25) is 0 Å². The van der Waals surface area contributed by atoms with Crippen LogP contribution in [0.25, 0.3) is 147 Å². The third-order valence-corrected chi connectivity index (χ3v) is 26.6. The summed E-state index contributed by atoms with van der Waals surface area (Å²) in [4.78, 5) is 7.91. The van der Waals surface area contributed by atoms with Crippen LogP contribution in [0.5, 0.6) is 0 Å². The van der Waals surface area contributed by atoms with E-state index in [1.807, 2.05) is 0 Å². The van der Waals surface area contributed by atoms with Crippen molar-refractivity contribution in [1.29, 1.82) is 0 Å². The Kier molecular flexibility index (Phi) is 14.4. The van der Waals surface area contributed by atoms with Crippen LogP contribution in [-0.2, 0) is 0 Å². The van der Waals surface area contributed by atoms with E-state index in [0.29, 0.717) is 0 Å². The zero-order chi connectivity index (χ0) is 78.4. The highest BCUT2D eigenvalue weighted by Crippen LogP contribution is 2.54. The Bertz CT molecular complexity index is 8010. The Morgan fingerprint density at radius 1 is 0.208 bits per heavy atom. The van der Waals surface area contributed by atoms with Crippen molar-refractivity contribution in [3.63, 3.8) is 0 Å². The monoisotopic (exact) mass is 1520 g/mol. The van der Waals surface area contributed by atoms with Gasteiger partial charge >= 0.3 is 0 Å². The summed E-state index contributed by atoms with van der Waals surface area (Å²) in [5.41, 5.74) is 28.4. The van der Waals surface area contributed by atoms with Crippen LogP contribution in [0.15, 0.2) is 419 Å². The van der Waals surface area contributed by atoms with Crippen LogP contribution in [-0.4, -0.2) is 13.4 Å². The molecule has 1 N–H and O–H groups in total. The van der Waals surface area contributed by atoms with Gasteiger partial charge in [0.15, 0.2) is 0 Å². The average Bonchev–Trinajstić information content (AvgIpc) is 0.678. The Labute approximate surface area is 694 Å². The molecule has 0 unspecified atom stereocenters. The first-order valence-electron chi connectivity index (χ1n) is 41.8. The fraction of sp³-hybridized carbons (Fsp3) is 0. The van der Waals surface area contributed by atoms with Gasteiger partial charge in [0.25, 0.3) is 19.2 Å². The van der Waals surface area contributed by atoms with Gasteiger partial charge in [-0.05, 0) is 213 Å². The second kappa shape index (κ2) is 26.0. The van der Waals surface area contributed by atoms with E-state index in [1.165, 1.54) is 130 Å². The fourth-order valence-electron chi connectivity index (χ4n) is 21.5. The maximum atomic E-state index is 4.57. The molecular formula is C113H70B2N5+. The zero-order valence-electron chi connectivity index (χ0n) is 65.3. The lowest BCUT2D eigenvalue weighted by atomic mass is 9.30. The van der Waals surface area contributed by atoms with Gasteiger partial charge in [-0.3, -0.25) is 0 Å². The second-order valence-corrected chi connectivity index (χ2v) is 32.7. The van der Waals surface area contributed by atoms with Crippen molar-refractivity contribution in [2.24, 2.45) is 0 Å². The molecule has 0 aliphatic carbocycles. The molecule has 1 aromatic heterocycles. The number of para-hydroxylation sites is 3. The summed E-state index contributed by atoms with van der Waals surface area (Å²) in [6, 6.07) is 158. The predicted octanol–water partition coefficient (Wildman–Crippen LogP) is 25.4. The maximum absolute atomic E-state index is 4.57. The molecule has 22 aromatic rings. The number of benzene rings is 21. The van der Waals surface area contributed by atoms with Crippen molar-refractivity contribution < 1.29 is 4.57 Å². The minimum absolute atomic E-state index is 0.258. The van der Waals surface area contributed by atoms with Gasteiger partial charge in [-0.15, -0.1) is 0 Å². The summed E-state index contributed by atoms with van der Waals surface area (Å²) in [5, 5.41) is 26.8. The van der Waals surface area contributed by atoms with Crippen molar-refractivity contribution in [2.45, 2.75) is 0 Å². The zero-order valence-corrected chi connectivity index (χ0v) is 65.3. The van der Waals surface area contributed by atoms with Gasteiger partial charge in [-0.2, -0.15) is 4.57 Å². The van der Waals surface area contributed by atoms with Crippen LogP contribution < -0.4 is 57.4 Å². The van der Waals surface area contributed by atoms with Crippen molar-refractivity contribution in [2.75, 3.05) is 20.0 Å². The lowest BCUT2D eigenvalue weighted by molar-refractivity contribution is -0.567. The summed E-state index contributed by atoms with van der Waals surface area (Å²) >= 11 is 0. The Morgan fingerprint density at radius 2 is 0.567 bits per heavy atom. The van der Waals surface area contributed by atoms with Crippen LogP contribution in [0.4, 0.5) is 62.7 Å². The normalized spacial score (nSPS) is 13.0. The molecule has 5 nitrogen and oxygen atoms in total. The van der Waals surface area contributed by atoms with Crippen molar-refractivity contribution in [3.05, 3.63) is 419 Å². The molecule has 552 valence electrons. The molecule has 5 heterocycles. The molecule has 26 rings (SSSR count). The third kappa shape index (κ3) is 9.71. The molecule has 4 aliphatic heterocycles. The van der Waals surface area contributed by atoms with Gasteiger partial charge in [0.2, 0.25) is 0 Å². The van der Waals surface area contributed by atoms with E-state index in [0.717, 1.165) is 113 Å². The van der Waals surface area contributed by atoms with E-state index >= 15 is 0 Å². The summed E-state index contributed by atoms with van der Waals surface area (Å²) in [5.74, 6) is 1.01. The molecule has 0 spiro atoms. The maximum Gasteiger partial charge on any atom is 0.282 e. The van der Waals surface area contributed by atoms with E-state index < -0.39 is 0 Å². The molecule has 0 bridgehead atoms. The first-order chi connectivity index (χ1) is 59.6. The number of hydrogen-bond donors (Lipinski definition) is 1. The lowest BCUT2D eigenvalue weighted by Crippen LogP contribution is -2.66. The first-order valence-corrected chi connectivity index (χ1v) is 41.8. The average molecular weight is 1520 g/mol. The van der Waals surface area contributed by atoms with Crippen molar-refractivity contribution in [1.82, 2.24) is 0 Å². The number of rotatable bonds is 8. The van der Waals surface area contributed by atoms with E-state index in [4.69, 9.17) is 0 Å². The molecule has 0 amide bonds. The van der Waals surface area contributed by atoms with Crippen LogP contribution in [0, 0.1) is 0 Å². The number of aromatic nitrogens is 1. The summed E-state index contributed by atoms with van der Waals surface area (Å²) in [6.07, 6.45) is 0. The van der Waals surface area contributed by atoms with Gasteiger partial charge in [0.1, 0.15) is 17.1 Å². The lowest BCUT2D eigenvalue weighted by Gasteiger charge is -2.46. The SMILES string of the molecule is c1ccc(-c2cc3c4c(c2)N(c2c(-c5ccccc5)cccc2-c2ccccc2)c2cc5c(cc2B4c2ccccc2N3c2ccc3c4ccccc4c4ccccc4c3c2)B2c3ccccc3N(c3ccc4c6ccccc6c6ccccc6c4c3)c3cc(-c4ccccc4)[n+](-c4ccc6c7ccccc7c7ccccc7c6c4)c(c32)N5)cc1. The Balaban J connectivity index is 0.792. The standard InChI is InChI=1S/C113H69B2N5/c1-5-30-70(31-6-1)74-62-107-110-108(63-74)120(112-78(71-32-7-2-8-33-71)50-29-51-79(112)72-34-9-3-10-35-72)106-68-102-100(67-101(106)115(110)99-53-26-28-55-104(99)117(107)75-56-59-92-86-44-16-13-38-80(86)83-41-19-22-47-89(83)95(92)64-75)114-98-52-25-27-54-103(98)118(76-57-60-93-87-45-17-14-39-81(87)84-42-20-23-48-90(84)96(93)65-76)109-69-105(73-36-11-4-12-37-73)119(113(116-102)111(109)114)77-58-61-94-88-46-18-15-40-82(88)85-43-21-24-49-91(85)97(94)66-77/h1-69H/p+1. The topological polar surface area (TPSA) is 25.6 Å². The van der Waals surface area contributed by atoms with Gasteiger partial charge in [-0.1, -0.05) is 340 Å². The molecular weight excluding hydrogens is 1450 g/mol. The fourth-order valence-corrected chi connectivity index (χ4v) is 21.5. The molecule has 0 saturated heterocycles. The molecule has 0 atom stereocenters. The van der Waals surface area contributed by atoms with Gasteiger partial charge in [0, 0.05) is 74.1 Å². The second-order valence-electron chi connectivity index (χ2n) is 32.7. The summed E-state index contributed by atoms with van der Waals surface area (Å²) in [7, 11) is 0. The van der Waals surface area contributed by atoms with Crippen LogP contribution in [0.3, 0.4) is 0 Å². The molecule has 0 radical (unpaired) electrons. The van der Waals surface area contributed by atoms with E-state index in [2.05, 4.69) is 443 Å². The molecule has 21 aromatic carbocycles. The number of nitrogens with zero attached hydrogens (tertiary/aromatic N) is 4. The minimum Gasteiger partial charge on any atom is -0.311 e. The van der Waals surface area contributed by atoms with Gasteiger partial charge in [0.05, 0.1) is 11.4 Å². The quantitative estimate of drug-likeness (QED) is 0.0931. The largest absolute Gasteiger partial charge is 0.311 e. The molecule has 4 aliphatic rings. The molecule has 0 fully saturated rings. The van der Waals surface area contributed by atoms with E-state index in [-0.39, 0.29) is 13.4 Å². The number of fused-ring (bicyclic) bond motifs is 26. The number of anilines is 11. The van der Waals surface area contributed by atoms with Gasteiger partial charge in [-0.25, -0.2) is 5.32 Å². The minimum atomic E-state index is -0.291. The van der Waals surface area contributed by atoms with Gasteiger partial charge < -0.3 is 14.7 Å². The molecule has 120 heavy (non-hydrogen) atoms. The van der Waals surface area contributed by atoms with Crippen molar-refractivity contribution >= 4 is 206 Å². The summed E-state index contributed by atoms with van der Waals surface area (Å²) < 4.78 is 2.58. The first kappa shape index (κ1) is 66.7. The number of nitrogens with one attached hydrogen (secondary N) is 1. The number of pyridine rings is 1. The Hall–Kier alpha value is -15.6. The third-order valence-electron chi connectivity index (χ3n) is 26.6. The predicted molar refractivity (Wildman–Crippen MR) is 510 cm³/mol. The van der Waals surface area contributed by atoms with E-state index in [9.17, 15) is 0 Å². The van der Waals surface area contributed by atoms with E-state index in [1.54, 1.807) is 0 Å². The van der Waals surface area contributed by atoms with Crippen LogP contribution in [0.1, 0.15) is 0 Å². The highest BCUT2D eigenvalue weighted by Gasteiger charge is 2.51. The smallest absolute Gasteiger partial charge is 0.282 e.